The van der Waals surface area contributed by atoms with Crippen molar-refractivity contribution in [2.45, 2.75) is 237 Å². The van der Waals surface area contributed by atoms with Crippen molar-refractivity contribution in [3.63, 3.8) is 0 Å². The van der Waals surface area contributed by atoms with Gasteiger partial charge in [-0.1, -0.05) is 12.8 Å². The molecule has 0 aromatic rings. The zero-order valence-electron chi connectivity index (χ0n) is 58.2. The minimum atomic E-state index is -1.34. The third kappa shape index (κ3) is 49.9. The van der Waals surface area contributed by atoms with Crippen LogP contribution >= 0.6 is 0 Å². The first-order valence-corrected chi connectivity index (χ1v) is 33.3. The zero-order valence-corrected chi connectivity index (χ0v) is 58.2. The largest absolute Gasteiger partial charge is 0.481 e. The van der Waals surface area contributed by atoms with Gasteiger partial charge in [-0.15, -0.1) is 0 Å². The quantitative estimate of drug-likeness (QED) is 0.0167. The Morgan fingerprint density at radius 2 is 0.696 bits per heavy atom. The highest BCUT2D eigenvalue weighted by molar-refractivity contribution is 5.96. The van der Waals surface area contributed by atoms with E-state index in [-0.39, 0.29) is 133 Å². The van der Waals surface area contributed by atoms with Gasteiger partial charge in [0.2, 0.25) is 53.2 Å². The van der Waals surface area contributed by atoms with Crippen molar-refractivity contribution in [3.8, 4) is 0 Å². The topological polar surface area (TPSA) is 710 Å². The molecule has 27 N–H and O–H groups in total. The number of primary amides is 2. The van der Waals surface area contributed by atoms with Crippen molar-refractivity contribution in [3.05, 3.63) is 0 Å². The molecular formula is C63H106N18O21. The predicted octanol–water partition coefficient (Wildman–Crippen LogP) is -2.70. The molecule has 0 rings (SSSR count). The SMILES string of the molecule is CC(=O)CC(CCC(=O)O)C(=O)NC(CCC(=O)O)C(=O)CCC(=O)NCC(=O)NC(CCCCC(=N)N)C(=O)NC(CCCN=C(C)N)C(N)=O.CC(=O)CC(CCC(=O)O)C(=O)NC(CCC(=O)O)C(=O)CCCCC(=O)NC(CCCCC(=N)N)C(=O)NC(CCCN=C(N)N)C(N)=O. The maximum absolute atomic E-state index is 13.1. The van der Waals surface area contributed by atoms with Gasteiger partial charge in [-0.2, -0.15) is 0 Å². The van der Waals surface area contributed by atoms with E-state index in [2.05, 4.69) is 47.2 Å². The van der Waals surface area contributed by atoms with E-state index in [9.17, 15) is 81.5 Å². The van der Waals surface area contributed by atoms with Crippen LogP contribution in [0.3, 0.4) is 0 Å². The van der Waals surface area contributed by atoms with E-state index in [0.29, 0.717) is 57.3 Å². The number of unbranched alkanes of at least 4 members (excludes halogenated alkanes) is 3. The van der Waals surface area contributed by atoms with Crippen LogP contribution in [-0.4, -0.2) is 200 Å². The van der Waals surface area contributed by atoms with Crippen LogP contribution in [0.5, 0.6) is 0 Å². The lowest BCUT2D eigenvalue weighted by atomic mass is 9.94. The minimum absolute atomic E-state index is 0.0296. The van der Waals surface area contributed by atoms with Crippen molar-refractivity contribution in [2.24, 2.45) is 62.0 Å². The molecule has 0 aliphatic rings. The highest BCUT2D eigenvalue weighted by Gasteiger charge is 2.32. The molecule has 574 valence electrons. The number of aliphatic imine (C=N–C) groups is 2. The lowest BCUT2D eigenvalue weighted by molar-refractivity contribution is -0.140. The van der Waals surface area contributed by atoms with Gasteiger partial charge in [-0.05, 0) is 111 Å². The molecule has 0 aliphatic carbocycles. The van der Waals surface area contributed by atoms with Crippen molar-refractivity contribution in [1.29, 1.82) is 10.8 Å². The number of rotatable bonds is 58. The van der Waals surface area contributed by atoms with E-state index in [1.807, 2.05) is 0 Å². The Labute approximate surface area is 590 Å². The molecular weight excluding hydrogens is 1340 g/mol. The maximum atomic E-state index is 13.1. The van der Waals surface area contributed by atoms with E-state index in [1.165, 1.54) is 13.8 Å². The first-order chi connectivity index (χ1) is 47.7. The Bertz CT molecular complexity index is 2950. The molecule has 0 aromatic heterocycles. The Kier molecular flexibility index (Phi) is 49.0. The van der Waals surface area contributed by atoms with Gasteiger partial charge in [0.25, 0.3) is 0 Å². The number of ketones is 4. The standard InChI is InChI=1S/C32H53N9O11.C31H53N9O10/c1-18(42)16-20(9-13-28(46)47)31(51)40-21(10-14-29(48)49)24(43)11-12-26(44)38-17-27(45)39-23(6-3-4-8-25(34)35)32(52)41-22(30(36)50)7-5-15-37-19(2)33;1-18(41)17-19(12-14-26(44)45)29(49)39-20(13-15-27(46)47)23(42)9-3-5-11-25(43)38-22(7-2-4-10-24(32)33)30(50)40-21(28(34)48)8-6-16-37-31(35)36/h20-23H,3-17H2,1-2H3,(H2,33,37)(H3,34,35)(H2,36,50)(H,38,44)(H,39,45)(H,40,51)(H,41,52)(H,46,47)(H,48,49);19-22H,2-17H2,1H3,(H3,32,33)(H2,34,48)(H,38,43)(H,39,49)(H,40,50)(H,44,45)(H,46,47)(H4,35,36,37). The number of Topliss-reactive ketones (excluding diaryl/α,β-unsaturated/α-hetero) is 4. The third-order valence-corrected chi connectivity index (χ3v) is 15.0. The van der Waals surface area contributed by atoms with E-state index in [4.69, 9.17) is 71.4 Å². The number of carbonyl (C=O) groups is 17. The summed E-state index contributed by atoms with van der Waals surface area (Å²) in [4.78, 5) is 215. The fraction of sp³-hybridized carbons (Fsp3) is 0.667. The van der Waals surface area contributed by atoms with Crippen LogP contribution < -0.4 is 77.4 Å². The monoisotopic (exact) mass is 1450 g/mol. The highest BCUT2D eigenvalue weighted by atomic mass is 16.4. The zero-order chi connectivity index (χ0) is 78.0. The number of amidine groups is 3. The number of carbonyl (C=O) groups excluding carboxylic acids is 13. The number of guanidine groups is 1. The van der Waals surface area contributed by atoms with Crippen LogP contribution in [-0.2, 0) is 81.5 Å². The van der Waals surface area contributed by atoms with Crippen molar-refractivity contribution < 1.29 is 102 Å². The molecule has 0 saturated carbocycles. The second kappa shape index (κ2) is 53.4. The molecule has 0 aliphatic heterocycles. The summed E-state index contributed by atoms with van der Waals surface area (Å²) in [7, 11) is 0. The van der Waals surface area contributed by atoms with Gasteiger partial charge in [0.15, 0.2) is 17.5 Å². The van der Waals surface area contributed by atoms with Crippen LogP contribution in [0.2, 0.25) is 0 Å². The summed E-state index contributed by atoms with van der Waals surface area (Å²) in [5.41, 5.74) is 37.8. The van der Waals surface area contributed by atoms with Crippen LogP contribution in [0.15, 0.2) is 9.98 Å². The molecule has 39 nitrogen and oxygen atoms in total. The summed E-state index contributed by atoms with van der Waals surface area (Å²) >= 11 is 0. The van der Waals surface area contributed by atoms with Crippen LogP contribution in [0.4, 0.5) is 0 Å². The van der Waals surface area contributed by atoms with Gasteiger partial charge in [0, 0.05) is 102 Å². The predicted molar refractivity (Wildman–Crippen MR) is 368 cm³/mol. The molecule has 8 atom stereocenters. The summed E-state index contributed by atoms with van der Waals surface area (Å²) in [5, 5.41) is 68.2. The smallest absolute Gasteiger partial charge is 0.303 e. The molecule has 0 saturated heterocycles. The fourth-order valence-electron chi connectivity index (χ4n) is 9.67. The Morgan fingerprint density at radius 3 is 1.07 bits per heavy atom. The van der Waals surface area contributed by atoms with Gasteiger partial charge >= 0.3 is 23.9 Å². The van der Waals surface area contributed by atoms with Gasteiger partial charge in [-0.25, -0.2) is 0 Å². The normalized spacial score (nSPS) is 13.2. The summed E-state index contributed by atoms with van der Waals surface area (Å²) in [6.07, 6.45) is -0.411. The molecule has 0 bridgehead atoms. The average molecular weight is 1450 g/mol. The van der Waals surface area contributed by atoms with Gasteiger partial charge in [0.1, 0.15) is 35.7 Å². The molecule has 0 spiro atoms. The number of hydrogen-bond donors (Lipinski definition) is 20. The van der Waals surface area contributed by atoms with E-state index >= 15 is 0 Å². The lowest BCUT2D eigenvalue weighted by Gasteiger charge is -2.22. The molecule has 9 amide bonds. The lowest BCUT2D eigenvalue weighted by Crippen LogP contribution is -2.54. The number of aliphatic carboxylic acids is 4. The number of carboxylic acids is 4. The molecule has 102 heavy (non-hydrogen) atoms. The third-order valence-electron chi connectivity index (χ3n) is 15.0. The number of hydrogen-bond acceptors (Lipinski definition) is 21. The fourth-order valence-corrected chi connectivity index (χ4v) is 9.67. The highest BCUT2D eigenvalue weighted by Crippen LogP contribution is 2.18. The number of amides is 9. The second-order valence-corrected chi connectivity index (χ2v) is 24.3. The molecule has 39 heteroatoms. The Balaban J connectivity index is 0. The van der Waals surface area contributed by atoms with Gasteiger partial charge in [-0.3, -0.25) is 92.7 Å². The number of nitrogens with zero attached hydrogens (tertiary/aromatic N) is 2. The maximum Gasteiger partial charge on any atom is 0.303 e. The first kappa shape index (κ1) is 93.5. The van der Waals surface area contributed by atoms with E-state index < -0.39 is 181 Å². The second-order valence-electron chi connectivity index (χ2n) is 24.3. The van der Waals surface area contributed by atoms with E-state index in [1.54, 1.807) is 6.92 Å². The Hall–Kier alpha value is -10.5. The summed E-state index contributed by atoms with van der Waals surface area (Å²) in [6.45, 7) is 3.95. The van der Waals surface area contributed by atoms with Crippen LogP contribution in [0.1, 0.15) is 201 Å². The number of carboxylic acid groups (broad SMARTS) is 4. The molecule has 0 fully saturated rings. The van der Waals surface area contributed by atoms with Gasteiger partial charge < -0.3 is 107 Å². The molecule has 0 aromatic carbocycles. The van der Waals surface area contributed by atoms with E-state index in [0.717, 1.165) is 0 Å². The molecule has 0 heterocycles. The van der Waals surface area contributed by atoms with Crippen molar-refractivity contribution in [2.75, 3.05) is 19.6 Å². The van der Waals surface area contributed by atoms with Gasteiger partial charge in [0.05, 0.1) is 36.1 Å². The molecule has 0 radical (unpaired) electrons. The Morgan fingerprint density at radius 1 is 0.343 bits per heavy atom. The summed E-state index contributed by atoms with van der Waals surface area (Å²) in [5.74, 6) is -15.3. The number of nitrogens with two attached hydrogens (primary N) is 7. The average Bonchev–Trinajstić information content (AvgIpc) is 0.905. The number of nitrogens with one attached hydrogen (secondary N) is 9. The molecule has 8 unspecified atom stereocenters. The summed E-state index contributed by atoms with van der Waals surface area (Å²) < 4.78 is 0. The van der Waals surface area contributed by atoms with Crippen molar-refractivity contribution >= 4 is 124 Å². The summed E-state index contributed by atoms with van der Waals surface area (Å²) in [6, 6.07) is -6.86. The minimum Gasteiger partial charge on any atom is -0.481 e. The van der Waals surface area contributed by atoms with Crippen LogP contribution in [0.25, 0.3) is 0 Å². The first-order valence-electron chi connectivity index (χ1n) is 33.3. The van der Waals surface area contributed by atoms with Crippen LogP contribution in [0, 0.1) is 22.7 Å². The van der Waals surface area contributed by atoms with Crippen molar-refractivity contribution in [1.82, 2.24) is 37.2 Å².